The highest BCUT2D eigenvalue weighted by atomic mass is 16.2. The van der Waals surface area contributed by atoms with Gasteiger partial charge < -0.3 is 14.8 Å². The molecule has 1 N–H and O–H groups in total. The van der Waals surface area contributed by atoms with Crippen molar-refractivity contribution in [2.24, 2.45) is 5.92 Å². The number of pyridine rings is 1. The zero-order chi connectivity index (χ0) is 23.5. The van der Waals surface area contributed by atoms with E-state index >= 15 is 0 Å². The van der Waals surface area contributed by atoms with Crippen molar-refractivity contribution in [2.75, 3.05) is 18.4 Å². The summed E-state index contributed by atoms with van der Waals surface area (Å²) in [5.74, 6) is 0.183. The van der Waals surface area contributed by atoms with E-state index in [1.165, 1.54) is 0 Å². The molecule has 1 fully saturated rings. The number of aryl methyl sites for hydroxylation is 1. The van der Waals surface area contributed by atoms with Crippen LogP contribution >= 0.6 is 0 Å². The van der Waals surface area contributed by atoms with E-state index in [2.05, 4.69) is 33.1 Å². The van der Waals surface area contributed by atoms with Gasteiger partial charge in [0.15, 0.2) is 0 Å². The standard InChI is InChI=1S/C28H28N4O2/c1-20-9-7-15-26(29-20)30-27(33)23-13-8-16-31(19-23)28(34)25-17-22-12-5-6-14-24(22)32(25)18-21-10-3-2-4-11-21/h2-7,9-12,14-15,17,23H,8,13,16,18-19H2,1H3,(H,29,30,33). The molecule has 172 valence electrons. The van der Waals surface area contributed by atoms with E-state index in [4.69, 9.17) is 0 Å². The molecule has 0 bridgehead atoms. The lowest BCUT2D eigenvalue weighted by Gasteiger charge is -2.32. The lowest BCUT2D eigenvalue weighted by atomic mass is 9.97. The van der Waals surface area contributed by atoms with Gasteiger partial charge in [0.25, 0.3) is 5.91 Å². The zero-order valence-electron chi connectivity index (χ0n) is 19.3. The minimum absolute atomic E-state index is 0.0293. The quantitative estimate of drug-likeness (QED) is 0.469. The molecule has 2 aromatic carbocycles. The van der Waals surface area contributed by atoms with Crippen molar-refractivity contribution in [1.82, 2.24) is 14.5 Å². The third-order valence-corrected chi connectivity index (χ3v) is 6.43. The van der Waals surface area contributed by atoms with Crippen LogP contribution in [0.4, 0.5) is 5.82 Å². The molecule has 0 aliphatic carbocycles. The number of nitrogens with zero attached hydrogens (tertiary/aromatic N) is 3. The van der Waals surface area contributed by atoms with Crippen LogP contribution in [0.15, 0.2) is 78.9 Å². The predicted molar refractivity (Wildman–Crippen MR) is 134 cm³/mol. The number of benzene rings is 2. The van der Waals surface area contributed by atoms with E-state index in [1.54, 1.807) is 6.07 Å². The summed E-state index contributed by atoms with van der Waals surface area (Å²) in [4.78, 5) is 32.8. The fourth-order valence-electron chi connectivity index (χ4n) is 4.70. The largest absolute Gasteiger partial charge is 0.337 e. The number of nitrogens with one attached hydrogen (secondary N) is 1. The van der Waals surface area contributed by atoms with Gasteiger partial charge in [-0.25, -0.2) is 4.98 Å². The van der Waals surface area contributed by atoms with Gasteiger partial charge in [-0.2, -0.15) is 0 Å². The topological polar surface area (TPSA) is 67.2 Å². The number of carbonyl (C=O) groups excluding carboxylic acids is 2. The summed E-state index contributed by atoms with van der Waals surface area (Å²) < 4.78 is 2.09. The van der Waals surface area contributed by atoms with Gasteiger partial charge in [-0.3, -0.25) is 9.59 Å². The first-order valence-corrected chi connectivity index (χ1v) is 11.7. The Kier molecular flexibility index (Phi) is 6.12. The number of likely N-dealkylation sites (tertiary alicyclic amines) is 1. The van der Waals surface area contributed by atoms with Gasteiger partial charge in [-0.05, 0) is 49.6 Å². The Balaban J connectivity index is 1.38. The number of aromatic nitrogens is 2. The van der Waals surface area contributed by atoms with E-state index in [9.17, 15) is 9.59 Å². The molecule has 1 atom stereocenters. The molecule has 6 heteroatoms. The van der Waals surface area contributed by atoms with E-state index in [0.29, 0.717) is 31.1 Å². The third-order valence-electron chi connectivity index (χ3n) is 6.43. The maximum absolute atomic E-state index is 13.7. The molecule has 2 aromatic heterocycles. The molecule has 0 saturated carbocycles. The summed E-state index contributed by atoms with van der Waals surface area (Å²) in [6.07, 6.45) is 1.55. The lowest BCUT2D eigenvalue weighted by molar-refractivity contribution is -0.121. The van der Waals surface area contributed by atoms with Gasteiger partial charge >= 0.3 is 0 Å². The van der Waals surface area contributed by atoms with Gasteiger partial charge in [-0.15, -0.1) is 0 Å². The van der Waals surface area contributed by atoms with Crippen molar-refractivity contribution in [1.29, 1.82) is 0 Å². The minimum Gasteiger partial charge on any atom is -0.337 e. The Morgan fingerprint density at radius 1 is 1.00 bits per heavy atom. The number of para-hydroxylation sites is 1. The van der Waals surface area contributed by atoms with Gasteiger partial charge in [-0.1, -0.05) is 54.6 Å². The van der Waals surface area contributed by atoms with Crippen molar-refractivity contribution in [3.8, 4) is 0 Å². The maximum Gasteiger partial charge on any atom is 0.270 e. The van der Waals surface area contributed by atoms with Crippen LogP contribution in [0, 0.1) is 12.8 Å². The maximum atomic E-state index is 13.7. The van der Waals surface area contributed by atoms with E-state index in [1.807, 2.05) is 66.4 Å². The highest BCUT2D eigenvalue weighted by Crippen LogP contribution is 2.25. The molecule has 1 saturated heterocycles. The van der Waals surface area contributed by atoms with E-state index < -0.39 is 0 Å². The van der Waals surface area contributed by atoms with Crippen molar-refractivity contribution in [3.05, 3.63) is 95.8 Å². The highest BCUT2D eigenvalue weighted by molar-refractivity contribution is 5.99. The second-order valence-corrected chi connectivity index (χ2v) is 8.90. The minimum atomic E-state index is -0.257. The van der Waals surface area contributed by atoms with Crippen LogP contribution in [0.3, 0.4) is 0 Å². The number of carbonyl (C=O) groups is 2. The molecule has 1 aliphatic heterocycles. The summed E-state index contributed by atoms with van der Waals surface area (Å²) in [6, 6.07) is 25.8. The van der Waals surface area contributed by atoms with Crippen LogP contribution < -0.4 is 5.32 Å². The highest BCUT2D eigenvalue weighted by Gasteiger charge is 2.30. The van der Waals surface area contributed by atoms with Crippen molar-refractivity contribution < 1.29 is 9.59 Å². The molecule has 0 spiro atoms. The van der Waals surface area contributed by atoms with Gasteiger partial charge in [0.05, 0.1) is 5.92 Å². The second-order valence-electron chi connectivity index (χ2n) is 8.90. The smallest absolute Gasteiger partial charge is 0.270 e. The number of fused-ring (bicyclic) bond motifs is 1. The first-order valence-electron chi connectivity index (χ1n) is 11.7. The molecule has 6 nitrogen and oxygen atoms in total. The Morgan fingerprint density at radius 2 is 1.79 bits per heavy atom. The molecule has 3 heterocycles. The monoisotopic (exact) mass is 452 g/mol. The summed E-state index contributed by atoms with van der Waals surface area (Å²) in [5.41, 5.74) is 3.68. The normalized spacial score (nSPS) is 15.9. The molecular weight excluding hydrogens is 424 g/mol. The summed E-state index contributed by atoms with van der Waals surface area (Å²) in [5, 5.41) is 3.96. The molecular formula is C28H28N4O2. The number of anilines is 1. The molecule has 2 amide bonds. The van der Waals surface area contributed by atoms with E-state index in [-0.39, 0.29) is 17.7 Å². The number of piperidine rings is 1. The van der Waals surface area contributed by atoms with Crippen LogP contribution in [-0.2, 0) is 11.3 Å². The fourth-order valence-corrected chi connectivity index (χ4v) is 4.70. The molecule has 34 heavy (non-hydrogen) atoms. The summed E-state index contributed by atoms with van der Waals surface area (Å²) >= 11 is 0. The third kappa shape index (κ3) is 4.57. The SMILES string of the molecule is Cc1cccc(NC(=O)C2CCCN(C(=O)c3cc4ccccc4n3Cc3ccccc3)C2)n1. The van der Waals surface area contributed by atoms with Crippen LogP contribution in [-0.4, -0.2) is 39.4 Å². The Labute approximate surface area is 199 Å². The average molecular weight is 453 g/mol. The molecule has 1 aliphatic rings. The lowest BCUT2D eigenvalue weighted by Crippen LogP contribution is -2.44. The zero-order valence-corrected chi connectivity index (χ0v) is 19.3. The first kappa shape index (κ1) is 21.9. The van der Waals surface area contributed by atoms with Crippen molar-refractivity contribution in [3.63, 3.8) is 0 Å². The second kappa shape index (κ2) is 9.51. The van der Waals surface area contributed by atoms with Crippen molar-refractivity contribution in [2.45, 2.75) is 26.3 Å². The Morgan fingerprint density at radius 3 is 2.62 bits per heavy atom. The number of amides is 2. The van der Waals surface area contributed by atoms with Crippen LogP contribution in [0.5, 0.6) is 0 Å². The van der Waals surface area contributed by atoms with E-state index in [0.717, 1.165) is 35.0 Å². The van der Waals surface area contributed by atoms with Crippen molar-refractivity contribution >= 4 is 28.5 Å². The molecule has 4 aromatic rings. The predicted octanol–water partition coefficient (Wildman–Crippen LogP) is 4.88. The molecule has 5 rings (SSSR count). The average Bonchev–Trinajstić information content (AvgIpc) is 3.22. The number of rotatable bonds is 5. The van der Waals surface area contributed by atoms with Crippen LogP contribution in [0.2, 0.25) is 0 Å². The summed E-state index contributed by atoms with van der Waals surface area (Å²) in [7, 11) is 0. The number of hydrogen-bond donors (Lipinski definition) is 1. The Bertz CT molecular complexity index is 1330. The molecule has 1 unspecified atom stereocenters. The fraction of sp³-hybridized carbons (Fsp3) is 0.250. The Hall–Kier alpha value is -3.93. The van der Waals surface area contributed by atoms with Gasteiger partial charge in [0, 0.05) is 36.2 Å². The number of hydrogen-bond acceptors (Lipinski definition) is 3. The van der Waals surface area contributed by atoms with Crippen LogP contribution in [0.1, 0.15) is 34.6 Å². The van der Waals surface area contributed by atoms with Gasteiger partial charge in [0.1, 0.15) is 11.5 Å². The summed E-state index contributed by atoms with van der Waals surface area (Å²) in [6.45, 7) is 3.57. The van der Waals surface area contributed by atoms with Gasteiger partial charge in [0.2, 0.25) is 5.91 Å². The van der Waals surface area contributed by atoms with Crippen LogP contribution in [0.25, 0.3) is 10.9 Å². The molecule has 0 radical (unpaired) electrons. The first-order chi connectivity index (χ1) is 16.6.